The van der Waals surface area contributed by atoms with Crippen LogP contribution in [0.25, 0.3) is 21.3 Å². The number of aromatic amines is 1. The average Bonchev–Trinajstić information content (AvgIpc) is 3.37. The molecule has 1 unspecified atom stereocenters. The average molecular weight is 603 g/mol. The zero-order valence-corrected chi connectivity index (χ0v) is 24.9. The fourth-order valence-corrected chi connectivity index (χ4v) is 4.98. The number of anilines is 1. The number of aliphatic hydroxyl groups excluding tert-OH is 2. The van der Waals surface area contributed by atoms with Crippen LogP contribution in [0.4, 0.5) is 5.69 Å². The van der Waals surface area contributed by atoms with E-state index >= 15 is 0 Å². The molecule has 4 atom stereocenters. The number of rotatable bonds is 12. The molecule has 0 spiro atoms. The topological polar surface area (TPSA) is 181 Å². The van der Waals surface area contributed by atoms with Gasteiger partial charge in [-0.15, -0.1) is 0 Å². The standard InChI is InChI=1S/C18H26ClN3O.C10H13N5O4/c1-3-22(11-12-23)10-4-5-14(2)21-17-8-9-20-18-13-15(19)6-7-16(17)18;1-5-3-15(10(18)12-9(5)17)8-2-6(13-14-11)7(4-16)19-8/h6-9,13-14,23H,3-5,10-12H2,1-2H3,(H,20,21);3,6-8,16H,2,4H2,1H3,(H,12,17,18)/t;6-,7+,8+/m.0/s1. The lowest BCUT2D eigenvalue weighted by Crippen LogP contribution is -2.33. The van der Waals surface area contributed by atoms with Crippen molar-refractivity contribution in [2.24, 2.45) is 5.11 Å². The molecule has 4 rings (SSSR count). The van der Waals surface area contributed by atoms with E-state index in [1.165, 1.54) is 10.8 Å². The molecule has 1 aliphatic heterocycles. The van der Waals surface area contributed by atoms with E-state index in [9.17, 15) is 9.59 Å². The summed E-state index contributed by atoms with van der Waals surface area (Å²) in [6.45, 7) is 8.58. The van der Waals surface area contributed by atoms with Crippen LogP contribution in [0.1, 0.15) is 44.9 Å². The predicted molar refractivity (Wildman–Crippen MR) is 163 cm³/mol. The fourth-order valence-electron chi connectivity index (χ4n) is 4.81. The third kappa shape index (κ3) is 9.02. The number of H-pyrrole nitrogens is 1. The van der Waals surface area contributed by atoms with Gasteiger partial charge < -0.3 is 25.2 Å². The highest BCUT2D eigenvalue weighted by Crippen LogP contribution is 2.30. The lowest BCUT2D eigenvalue weighted by Gasteiger charge is -2.21. The first-order chi connectivity index (χ1) is 20.2. The summed E-state index contributed by atoms with van der Waals surface area (Å²) in [5, 5.41) is 27.1. The number of benzene rings is 1. The minimum Gasteiger partial charge on any atom is -0.395 e. The molecule has 228 valence electrons. The summed E-state index contributed by atoms with van der Waals surface area (Å²) in [5.41, 5.74) is 9.77. The number of fused-ring (bicyclic) bond motifs is 1. The van der Waals surface area contributed by atoms with Gasteiger partial charge in [0.05, 0.1) is 30.9 Å². The van der Waals surface area contributed by atoms with E-state index in [4.69, 9.17) is 32.1 Å². The number of nitrogens with zero attached hydrogens (tertiary/aromatic N) is 6. The number of aromatic nitrogens is 3. The van der Waals surface area contributed by atoms with E-state index in [0.29, 0.717) is 16.6 Å². The van der Waals surface area contributed by atoms with Gasteiger partial charge in [0.1, 0.15) is 6.23 Å². The zero-order valence-electron chi connectivity index (χ0n) is 24.1. The van der Waals surface area contributed by atoms with Gasteiger partial charge in [0.2, 0.25) is 0 Å². The van der Waals surface area contributed by atoms with Crippen molar-refractivity contribution in [3.63, 3.8) is 0 Å². The van der Waals surface area contributed by atoms with Gasteiger partial charge in [-0.25, -0.2) is 4.79 Å². The Balaban J connectivity index is 0.000000235. The summed E-state index contributed by atoms with van der Waals surface area (Å²) in [6, 6.07) is 7.65. The van der Waals surface area contributed by atoms with E-state index in [1.807, 2.05) is 30.5 Å². The van der Waals surface area contributed by atoms with Crippen LogP contribution in [0.2, 0.25) is 5.02 Å². The Morgan fingerprint density at radius 3 is 2.81 bits per heavy atom. The van der Waals surface area contributed by atoms with Gasteiger partial charge in [0.15, 0.2) is 0 Å². The molecule has 1 aromatic carbocycles. The lowest BCUT2D eigenvalue weighted by molar-refractivity contribution is -0.0271. The van der Waals surface area contributed by atoms with Gasteiger partial charge in [-0.05, 0) is 69.6 Å². The molecular weight excluding hydrogens is 564 g/mol. The van der Waals surface area contributed by atoms with Crippen LogP contribution < -0.4 is 16.6 Å². The predicted octanol–water partition coefficient (Wildman–Crippen LogP) is 3.59. The molecule has 1 saturated heterocycles. The van der Waals surface area contributed by atoms with Crippen LogP contribution in [0.3, 0.4) is 0 Å². The molecule has 0 bridgehead atoms. The van der Waals surface area contributed by atoms with Crippen molar-refractivity contribution in [2.45, 2.75) is 64.4 Å². The minimum absolute atomic E-state index is 0.229. The normalized spacial score (nSPS) is 18.8. The first-order valence-electron chi connectivity index (χ1n) is 14.0. The summed E-state index contributed by atoms with van der Waals surface area (Å²) >= 11 is 6.03. The SMILES string of the molecule is CCN(CCO)CCCC(C)Nc1ccnc2cc(Cl)ccc12.Cc1cn([C@H]2C[C@H](N=[N+]=[N-])[C@@H](CO)O2)c(=O)[nH]c1=O. The quantitative estimate of drug-likeness (QED) is 0.138. The van der Waals surface area contributed by atoms with E-state index in [1.54, 1.807) is 6.92 Å². The second kappa shape index (κ2) is 16.3. The lowest BCUT2D eigenvalue weighted by atomic mass is 10.1. The first kappa shape index (κ1) is 33.1. The molecule has 13 nitrogen and oxygen atoms in total. The molecule has 3 heterocycles. The van der Waals surface area contributed by atoms with Crippen LogP contribution in [0, 0.1) is 6.92 Å². The van der Waals surface area contributed by atoms with Crippen LogP contribution in [-0.2, 0) is 4.74 Å². The number of likely N-dealkylation sites (N-methyl/N-ethyl adjacent to an activating group) is 1. The Morgan fingerprint density at radius 1 is 1.33 bits per heavy atom. The molecule has 0 saturated carbocycles. The van der Waals surface area contributed by atoms with Crippen molar-refractivity contribution in [1.82, 2.24) is 19.4 Å². The molecular formula is C28H39ClN8O5. The van der Waals surface area contributed by atoms with Crippen molar-refractivity contribution >= 4 is 28.2 Å². The van der Waals surface area contributed by atoms with E-state index in [0.717, 1.165) is 49.1 Å². The van der Waals surface area contributed by atoms with Gasteiger partial charge in [-0.1, -0.05) is 23.6 Å². The highest BCUT2D eigenvalue weighted by molar-refractivity contribution is 6.31. The maximum atomic E-state index is 11.7. The number of hydrogen-bond acceptors (Lipinski definition) is 9. The monoisotopic (exact) mass is 602 g/mol. The molecule has 1 fully saturated rings. The summed E-state index contributed by atoms with van der Waals surface area (Å²) in [4.78, 5) is 34.5. The van der Waals surface area contributed by atoms with Crippen LogP contribution in [0.5, 0.6) is 0 Å². The number of aryl methyl sites for hydroxylation is 1. The molecule has 14 heteroatoms. The number of ether oxygens (including phenoxy) is 1. The Kier molecular flexibility index (Phi) is 12.8. The number of azide groups is 1. The van der Waals surface area contributed by atoms with Gasteiger partial charge in [0, 0.05) is 58.0 Å². The number of pyridine rings is 1. The number of hydrogen-bond donors (Lipinski definition) is 4. The summed E-state index contributed by atoms with van der Waals surface area (Å²) in [5.74, 6) is 0. The molecule has 3 aromatic rings. The van der Waals surface area contributed by atoms with Crippen LogP contribution >= 0.6 is 11.6 Å². The Bertz CT molecular complexity index is 1470. The second-order valence-corrected chi connectivity index (χ2v) is 10.6. The highest BCUT2D eigenvalue weighted by atomic mass is 35.5. The summed E-state index contributed by atoms with van der Waals surface area (Å²) in [6.07, 6.45) is 4.33. The molecule has 2 aromatic heterocycles. The highest BCUT2D eigenvalue weighted by Gasteiger charge is 2.35. The van der Waals surface area contributed by atoms with Gasteiger partial charge in [-0.2, -0.15) is 0 Å². The van der Waals surface area contributed by atoms with Crippen molar-refractivity contribution in [2.75, 3.05) is 38.2 Å². The largest absolute Gasteiger partial charge is 0.395 e. The summed E-state index contributed by atoms with van der Waals surface area (Å²) < 4.78 is 6.69. The van der Waals surface area contributed by atoms with Gasteiger partial charge in [-0.3, -0.25) is 19.3 Å². The van der Waals surface area contributed by atoms with Crippen molar-refractivity contribution < 1.29 is 14.9 Å². The van der Waals surface area contributed by atoms with Crippen LogP contribution in [-0.4, -0.2) is 80.7 Å². The number of nitrogens with one attached hydrogen (secondary N) is 2. The third-order valence-electron chi connectivity index (χ3n) is 7.12. The molecule has 42 heavy (non-hydrogen) atoms. The Labute approximate surface area is 248 Å². The van der Waals surface area contributed by atoms with E-state index in [2.05, 4.69) is 44.1 Å². The Morgan fingerprint density at radius 2 is 2.12 bits per heavy atom. The van der Waals surface area contributed by atoms with Crippen LogP contribution in [0.15, 0.2) is 51.4 Å². The minimum atomic E-state index is -0.671. The third-order valence-corrected chi connectivity index (χ3v) is 7.36. The molecule has 1 aliphatic rings. The number of halogens is 1. The zero-order chi connectivity index (χ0) is 30.6. The van der Waals surface area contributed by atoms with E-state index in [-0.39, 0.29) is 19.6 Å². The van der Waals surface area contributed by atoms with Crippen molar-refractivity contribution in [1.29, 1.82) is 0 Å². The van der Waals surface area contributed by atoms with Gasteiger partial charge in [0.25, 0.3) is 5.56 Å². The summed E-state index contributed by atoms with van der Waals surface area (Å²) in [7, 11) is 0. The molecule has 0 amide bonds. The molecule has 0 radical (unpaired) electrons. The van der Waals surface area contributed by atoms with Crippen molar-refractivity contribution in [3.8, 4) is 0 Å². The van der Waals surface area contributed by atoms with Gasteiger partial charge >= 0.3 is 5.69 Å². The fraction of sp³-hybridized carbons (Fsp3) is 0.536. The van der Waals surface area contributed by atoms with E-state index < -0.39 is 29.6 Å². The maximum Gasteiger partial charge on any atom is 0.330 e. The first-order valence-corrected chi connectivity index (χ1v) is 14.3. The molecule has 4 N–H and O–H groups in total. The maximum absolute atomic E-state index is 11.7. The number of aliphatic hydroxyl groups is 2. The smallest absolute Gasteiger partial charge is 0.330 e. The molecule has 0 aliphatic carbocycles. The van der Waals surface area contributed by atoms with Crippen molar-refractivity contribution in [3.05, 3.63) is 78.5 Å². The second-order valence-electron chi connectivity index (χ2n) is 10.2. The Hall–Kier alpha value is -3.45.